The molecule has 0 saturated heterocycles. The van der Waals surface area contributed by atoms with Crippen molar-refractivity contribution in [2.75, 3.05) is 13.6 Å². The molecule has 7 heteroatoms. The third kappa shape index (κ3) is 3.61. The number of amides is 1. The lowest BCUT2D eigenvalue weighted by Gasteiger charge is -2.36. The summed E-state index contributed by atoms with van der Waals surface area (Å²) in [5, 5.41) is 13.5. The van der Waals surface area contributed by atoms with Gasteiger partial charge in [0.15, 0.2) is 5.13 Å². The van der Waals surface area contributed by atoms with E-state index in [1.165, 1.54) is 11.3 Å². The van der Waals surface area contributed by atoms with Gasteiger partial charge < -0.3 is 20.2 Å². The van der Waals surface area contributed by atoms with Gasteiger partial charge in [-0.15, -0.1) is 0 Å². The molecule has 0 spiro atoms. The number of aromatic nitrogens is 2. The Bertz CT molecular complexity index is 1070. The predicted molar refractivity (Wildman–Crippen MR) is 117 cm³/mol. The zero-order chi connectivity index (χ0) is 20.4. The van der Waals surface area contributed by atoms with Gasteiger partial charge in [0.1, 0.15) is 4.88 Å². The molecule has 1 aliphatic heterocycles. The molecule has 0 aliphatic carbocycles. The molecule has 1 aromatic carbocycles. The van der Waals surface area contributed by atoms with Crippen LogP contribution >= 0.6 is 11.3 Å². The zero-order valence-corrected chi connectivity index (χ0v) is 17.2. The fourth-order valence-corrected chi connectivity index (χ4v) is 4.74. The van der Waals surface area contributed by atoms with Gasteiger partial charge in [0.25, 0.3) is 5.91 Å². The lowest BCUT2D eigenvalue weighted by atomic mass is 9.85. The Morgan fingerprint density at radius 1 is 1.28 bits per heavy atom. The molecule has 1 aliphatic rings. The van der Waals surface area contributed by atoms with E-state index in [9.17, 15) is 10.2 Å². The van der Waals surface area contributed by atoms with E-state index in [-0.39, 0.29) is 11.8 Å². The minimum Gasteiger partial charge on any atom is -0.810 e. The second kappa shape index (κ2) is 8.05. The number of thiazole rings is 1. The van der Waals surface area contributed by atoms with Gasteiger partial charge in [-0.25, -0.2) is 4.98 Å². The number of carbonyl (C=O) groups is 1. The number of carbonyl (C=O) groups excluding carboxylic acids is 1. The first-order chi connectivity index (χ1) is 14.1. The highest BCUT2D eigenvalue weighted by molar-refractivity contribution is 7.16. The Hall–Kier alpha value is -3.19. The van der Waals surface area contributed by atoms with Crippen molar-refractivity contribution in [1.82, 2.24) is 19.8 Å². The number of nitrogens with one attached hydrogen (secondary N) is 1. The molecule has 1 atom stereocenters. The maximum atomic E-state index is 13.4. The average Bonchev–Trinajstić information content (AvgIpc) is 3.40. The molecule has 29 heavy (non-hydrogen) atoms. The monoisotopic (exact) mass is 404 g/mol. The average molecular weight is 405 g/mol. The second-order valence-electron chi connectivity index (χ2n) is 7.00. The molecule has 148 valence electrons. The fourth-order valence-electron chi connectivity index (χ4n) is 3.74. The SMILES string of the molecule is CN/C=C(\C=[N-])C1CN(C(=O)c2sc(-n3cccc3)nc2C)Cc2ccccc21. The number of hydrogen-bond donors (Lipinski definition) is 1. The lowest BCUT2D eigenvalue weighted by molar-refractivity contribution is 0.0729. The van der Waals surface area contributed by atoms with Crippen LogP contribution in [-0.2, 0) is 6.54 Å². The number of rotatable bonds is 5. The molecule has 1 unspecified atom stereocenters. The van der Waals surface area contributed by atoms with Gasteiger partial charge in [-0.3, -0.25) is 4.79 Å². The molecule has 0 radical (unpaired) electrons. The maximum absolute atomic E-state index is 13.4. The van der Waals surface area contributed by atoms with E-state index in [0.717, 1.165) is 33.7 Å². The van der Waals surface area contributed by atoms with E-state index in [1.807, 2.05) is 59.1 Å². The molecule has 0 fully saturated rings. The third-order valence-corrected chi connectivity index (χ3v) is 6.31. The van der Waals surface area contributed by atoms with Crippen molar-refractivity contribution in [1.29, 1.82) is 0 Å². The molecular formula is C22H22N5OS-. The smallest absolute Gasteiger partial charge is 0.266 e. The zero-order valence-electron chi connectivity index (χ0n) is 16.4. The van der Waals surface area contributed by atoms with Gasteiger partial charge in [0.2, 0.25) is 0 Å². The third-order valence-electron chi connectivity index (χ3n) is 5.15. The van der Waals surface area contributed by atoms with Crippen LogP contribution in [0.25, 0.3) is 10.5 Å². The van der Waals surface area contributed by atoms with E-state index < -0.39 is 0 Å². The molecule has 6 nitrogen and oxygen atoms in total. The summed E-state index contributed by atoms with van der Waals surface area (Å²) in [5.41, 5.74) is 3.71. The van der Waals surface area contributed by atoms with Crippen LogP contribution in [-0.4, -0.2) is 40.2 Å². The lowest BCUT2D eigenvalue weighted by Crippen LogP contribution is -2.39. The second-order valence-corrected chi connectivity index (χ2v) is 7.98. The molecule has 1 amide bonds. The Balaban J connectivity index is 1.68. The van der Waals surface area contributed by atoms with Crippen LogP contribution in [0.15, 0.2) is 60.6 Å². The van der Waals surface area contributed by atoms with Gasteiger partial charge in [0.05, 0.1) is 5.69 Å². The van der Waals surface area contributed by atoms with Crippen molar-refractivity contribution in [3.05, 3.63) is 87.7 Å². The summed E-state index contributed by atoms with van der Waals surface area (Å²) >= 11 is 1.40. The van der Waals surface area contributed by atoms with E-state index in [1.54, 1.807) is 13.2 Å². The first-order valence-corrected chi connectivity index (χ1v) is 10.3. The number of fused-ring (bicyclic) bond motifs is 1. The Morgan fingerprint density at radius 2 is 2.03 bits per heavy atom. The Kier molecular flexibility index (Phi) is 5.31. The van der Waals surface area contributed by atoms with Gasteiger partial charge in [-0.05, 0) is 42.0 Å². The minimum absolute atomic E-state index is 0.0281. The summed E-state index contributed by atoms with van der Waals surface area (Å²) in [6, 6.07) is 12.0. The van der Waals surface area contributed by atoms with Crippen LogP contribution in [0, 0.1) is 6.92 Å². The molecular weight excluding hydrogens is 382 g/mol. The molecule has 1 N–H and O–H groups in total. The van der Waals surface area contributed by atoms with Crippen molar-refractivity contribution >= 4 is 23.5 Å². The summed E-state index contributed by atoms with van der Waals surface area (Å²) in [6.45, 7) is 2.91. The number of nitrogens with zero attached hydrogens (tertiary/aromatic N) is 4. The highest BCUT2D eigenvalue weighted by Crippen LogP contribution is 2.34. The molecule has 3 heterocycles. The van der Waals surface area contributed by atoms with Crippen molar-refractivity contribution in [3.63, 3.8) is 0 Å². The first kappa shape index (κ1) is 19.1. The number of aryl methyl sites for hydroxylation is 1. The van der Waals surface area contributed by atoms with Gasteiger partial charge >= 0.3 is 0 Å². The standard InChI is InChI=1S/C22H22N5OS/c1-15-20(29-22(25-15)26-9-5-6-10-26)21(28)27-13-16-7-3-4-8-18(16)19(14-27)17(11-23)12-24-2/h3-12,19,24H,13-14H2,1-2H3/q-1/b17-12+. The highest BCUT2D eigenvalue weighted by Gasteiger charge is 2.31. The summed E-state index contributed by atoms with van der Waals surface area (Å²) < 4.78 is 1.91. The largest absolute Gasteiger partial charge is 0.810 e. The predicted octanol–water partition coefficient (Wildman–Crippen LogP) is 3.73. The fraction of sp³-hybridized carbons (Fsp3) is 0.227. The van der Waals surface area contributed by atoms with Crippen LogP contribution in [0.2, 0.25) is 0 Å². The van der Waals surface area contributed by atoms with Crippen LogP contribution in [0.1, 0.15) is 32.4 Å². The maximum Gasteiger partial charge on any atom is 0.266 e. The summed E-state index contributed by atoms with van der Waals surface area (Å²) in [7, 11) is 1.80. The van der Waals surface area contributed by atoms with Gasteiger partial charge in [0, 0.05) is 38.4 Å². The quantitative estimate of drug-likeness (QED) is 0.659. The van der Waals surface area contributed by atoms with Crippen LogP contribution < -0.4 is 5.32 Å². The van der Waals surface area contributed by atoms with E-state index in [0.29, 0.717) is 18.0 Å². The van der Waals surface area contributed by atoms with Crippen LogP contribution in [0.5, 0.6) is 0 Å². The van der Waals surface area contributed by atoms with E-state index >= 15 is 0 Å². The molecule has 4 rings (SSSR count). The first-order valence-electron chi connectivity index (χ1n) is 9.45. The molecule has 0 bridgehead atoms. The van der Waals surface area contributed by atoms with E-state index in [2.05, 4.69) is 16.4 Å². The Labute approximate surface area is 174 Å². The normalized spacial score (nSPS) is 16.4. The topological polar surface area (TPSA) is 72.5 Å². The molecule has 0 saturated carbocycles. The van der Waals surface area contributed by atoms with Crippen molar-refractivity contribution in [2.24, 2.45) is 0 Å². The Morgan fingerprint density at radius 3 is 2.76 bits per heavy atom. The van der Waals surface area contributed by atoms with Crippen molar-refractivity contribution in [2.45, 2.75) is 19.4 Å². The van der Waals surface area contributed by atoms with Crippen LogP contribution in [0.3, 0.4) is 0 Å². The molecule has 2 aromatic heterocycles. The summed E-state index contributed by atoms with van der Waals surface area (Å²) in [6.07, 6.45) is 6.74. The van der Waals surface area contributed by atoms with Gasteiger partial charge in [-0.1, -0.05) is 35.6 Å². The number of hydrogen-bond acceptors (Lipinski definition) is 4. The van der Waals surface area contributed by atoms with Crippen molar-refractivity contribution in [3.8, 4) is 5.13 Å². The minimum atomic E-state index is -0.0986. The van der Waals surface area contributed by atoms with E-state index in [4.69, 9.17) is 0 Å². The van der Waals surface area contributed by atoms with Gasteiger partial charge in [-0.2, -0.15) is 6.21 Å². The summed E-state index contributed by atoms with van der Waals surface area (Å²) in [4.78, 5) is 20.5. The number of benzene rings is 1. The van der Waals surface area contributed by atoms with Crippen LogP contribution in [0.4, 0.5) is 0 Å². The summed E-state index contributed by atoms with van der Waals surface area (Å²) in [5.74, 6) is -0.127. The highest BCUT2D eigenvalue weighted by atomic mass is 32.1. The molecule has 3 aromatic rings. The van der Waals surface area contributed by atoms with Crippen molar-refractivity contribution < 1.29 is 4.79 Å².